The van der Waals surface area contributed by atoms with Gasteiger partial charge < -0.3 is 4.57 Å². The number of hydrogen-bond donors (Lipinski definition) is 0. The van der Waals surface area contributed by atoms with E-state index in [4.69, 9.17) is 0 Å². The molecule has 120 valence electrons. The fourth-order valence-electron chi connectivity index (χ4n) is 2.47. The third-order valence-corrected chi connectivity index (χ3v) is 4.11. The minimum atomic E-state index is -0.00837. The second-order valence-electron chi connectivity index (χ2n) is 5.66. The third-order valence-electron chi connectivity index (χ3n) is 4.11. The van der Waals surface area contributed by atoms with Gasteiger partial charge in [-0.15, -0.1) is 5.10 Å². The van der Waals surface area contributed by atoms with E-state index in [9.17, 15) is 4.79 Å². The summed E-state index contributed by atoms with van der Waals surface area (Å²) in [7, 11) is 0. The van der Waals surface area contributed by atoms with Crippen LogP contribution in [0.5, 0.6) is 0 Å². The molecular formula is C16H20N6O. The molecule has 23 heavy (non-hydrogen) atoms. The van der Waals surface area contributed by atoms with E-state index in [1.54, 1.807) is 27.6 Å². The maximum absolute atomic E-state index is 11.7. The van der Waals surface area contributed by atoms with Crippen LogP contribution in [0, 0.1) is 20.8 Å². The number of aryl methyl sites for hydroxylation is 3. The molecule has 3 rings (SSSR count). The molecule has 0 amide bonds. The van der Waals surface area contributed by atoms with E-state index < -0.39 is 0 Å². The van der Waals surface area contributed by atoms with Gasteiger partial charge in [0.25, 0.3) is 5.56 Å². The number of aromatic nitrogens is 6. The summed E-state index contributed by atoms with van der Waals surface area (Å²) in [6, 6.07) is 5.14. The van der Waals surface area contributed by atoms with Gasteiger partial charge in [0, 0.05) is 24.5 Å². The molecule has 7 nitrogen and oxygen atoms in total. The Morgan fingerprint density at radius 2 is 1.96 bits per heavy atom. The molecule has 0 unspecified atom stereocenters. The van der Waals surface area contributed by atoms with Crippen molar-refractivity contribution >= 4 is 0 Å². The van der Waals surface area contributed by atoms with Crippen LogP contribution in [0.3, 0.4) is 0 Å². The molecular weight excluding hydrogens is 292 g/mol. The first-order chi connectivity index (χ1) is 11.0. The monoisotopic (exact) mass is 312 g/mol. The lowest BCUT2D eigenvalue weighted by Crippen LogP contribution is -2.20. The molecule has 3 aromatic heterocycles. The Balaban J connectivity index is 1.67. The normalized spacial score (nSPS) is 11.1. The van der Waals surface area contributed by atoms with E-state index in [0.717, 1.165) is 17.1 Å². The number of pyridine rings is 1. The first-order valence-corrected chi connectivity index (χ1v) is 7.59. The zero-order valence-corrected chi connectivity index (χ0v) is 13.6. The van der Waals surface area contributed by atoms with Gasteiger partial charge in [-0.1, -0.05) is 11.3 Å². The molecule has 0 fully saturated rings. The van der Waals surface area contributed by atoms with Crippen molar-refractivity contribution in [3.8, 4) is 0 Å². The van der Waals surface area contributed by atoms with E-state index in [0.29, 0.717) is 19.6 Å². The lowest BCUT2D eigenvalue weighted by molar-refractivity contribution is 0.511. The minimum absolute atomic E-state index is 0.00837. The van der Waals surface area contributed by atoms with Crippen LogP contribution >= 0.6 is 0 Å². The molecule has 0 spiro atoms. The van der Waals surface area contributed by atoms with Crippen molar-refractivity contribution < 1.29 is 0 Å². The van der Waals surface area contributed by atoms with Gasteiger partial charge >= 0.3 is 0 Å². The second-order valence-corrected chi connectivity index (χ2v) is 5.66. The van der Waals surface area contributed by atoms with E-state index in [2.05, 4.69) is 29.3 Å². The predicted octanol–water partition coefficient (Wildman–Crippen LogP) is 1.31. The lowest BCUT2D eigenvalue weighted by Gasteiger charge is -2.04. The van der Waals surface area contributed by atoms with Crippen LogP contribution in [0.25, 0.3) is 0 Å². The summed E-state index contributed by atoms with van der Waals surface area (Å²) in [5.41, 5.74) is 4.24. The Kier molecular flexibility index (Phi) is 4.10. The molecule has 3 aromatic rings. The van der Waals surface area contributed by atoms with Crippen LogP contribution in [0.15, 0.2) is 35.4 Å². The molecule has 0 radical (unpaired) electrons. The molecule has 0 atom stereocenters. The maximum Gasteiger partial charge on any atom is 0.250 e. The highest BCUT2D eigenvalue weighted by atomic mass is 16.1. The largest absolute Gasteiger partial charge is 0.314 e. The van der Waals surface area contributed by atoms with E-state index in [1.807, 2.05) is 23.9 Å². The van der Waals surface area contributed by atoms with Gasteiger partial charge in [-0.25, -0.2) is 0 Å². The number of rotatable bonds is 5. The Bertz CT molecular complexity index is 873. The van der Waals surface area contributed by atoms with E-state index in [-0.39, 0.29) is 5.56 Å². The molecule has 0 saturated heterocycles. The average molecular weight is 312 g/mol. The van der Waals surface area contributed by atoms with Crippen molar-refractivity contribution in [2.75, 3.05) is 0 Å². The molecule has 0 aromatic carbocycles. The summed E-state index contributed by atoms with van der Waals surface area (Å²) in [6.07, 6.45) is 3.68. The van der Waals surface area contributed by atoms with Crippen LogP contribution in [-0.2, 0) is 19.6 Å². The SMILES string of the molecule is Cc1nn(Cc2cn(CCn3ccccc3=O)nn2)c(C)c1C. The van der Waals surface area contributed by atoms with Gasteiger partial charge in [0.05, 0.1) is 25.0 Å². The van der Waals surface area contributed by atoms with Crippen molar-refractivity contribution in [2.45, 2.75) is 40.4 Å². The zero-order valence-electron chi connectivity index (χ0n) is 13.6. The standard InChI is InChI=1S/C16H20N6O/c1-12-13(2)18-22(14(12)3)11-15-10-21(19-17-15)9-8-20-7-5-4-6-16(20)23/h4-7,10H,8-9,11H2,1-3H3. The van der Waals surface area contributed by atoms with Gasteiger partial charge in [-0.2, -0.15) is 5.10 Å². The molecule has 0 aliphatic carbocycles. The fraction of sp³-hybridized carbons (Fsp3) is 0.375. The van der Waals surface area contributed by atoms with Crippen molar-refractivity contribution in [3.63, 3.8) is 0 Å². The van der Waals surface area contributed by atoms with Gasteiger partial charge in [-0.3, -0.25) is 14.2 Å². The summed E-state index contributed by atoms with van der Waals surface area (Å²) in [6.45, 7) is 7.91. The summed E-state index contributed by atoms with van der Waals surface area (Å²) < 4.78 is 5.36. The number of hydrogen-bond acceptors (Lipinski definition) is 4. The Morgan fingerprint density at radius 1 is 1.13 bits per heavy atom. The second kappa shape index (κ2) is 6.20. The van der Waals surface area contributed by atoms with Gasteiger partial charge in [0.1, 0.15) is 5.69 Å². The summed E-state index contributed by atoms with van der Waals surface area (Å²) in [5.74, 6) is 0. The van der Waals surface area contributed by atoms with Gasteiger partial charge in [-0.05, 0) is 32.4 Å². The van der Waals surface area contributed by atoms with Crippen LogP contribution in [0.4, 0.5) is 0 Å². The summed E-state index contributed by atoms with van der Waals surface area (Å²) in [4.78, 5) is 11.7. The predicted molar refractivity (Wildman–Crippen MR) is 86.3 cm³/mol. The first-order valence-electron chi connectivity index (χ1n) is 7.59. The zero-order chi connectivity index (χ0) is 16.4. The van der Waals surface area contributed by atoms with Crippen molar-refractivity contribution in [1.82, 2.24) is 29.3 Å². The van der Waals surface area contributed by atoms with Crippen molar-refractivity contribution in [2.24, 2.45) is 0 Å². The first kappa shape index (κ1) is 15.2. The van der Waals surface area contributed by atoms with Crippen LogP contribution in [0.2, 0.25) is 0 Å². The topological polar surface area (TPSA) is 70.5 Å². The van der Waals surface area contributed by atoms with E-state index >= 15 is 0 Å². The third kappa shape index (κ3) is 3.23. The molecule has 3 heterocycles. The summed E-state index contributed by atoms with van der Waals surface area (Å²) in [5, 5.41) is 12.8. The molecule has 0 saturated carbocycles. The Morgan fingerprint density at radius 3 is 2.65 bits per heavy atom. The average Bonchev–Trinajstić information content (AvgIpc) is 3.08. The van der Waals surface area contributed by atoms with Gasteiger partial charge in [0.15, 0.2) is 0 Å². The van der Waals surface area contributed by atoms with E-state index in [1.165, 1.54) is 5.56 Å². The molecule has 0 bridgehead atoms. The quantitative estimate of drug-likeness (QED) is 0.712. The molecule has 0 aliphatic heterocycles. The van der Waals surface area contributed by atoms with Crippen LogP contribution < -0.4 is 5.56 Å². The van der Waals surface area contributed by atoms with Crippen molar-refractivity contribution in [3.05, 3.63) is 63.6 Å². The maximum atomic E-state index is 11.7. The molecule has 0 aliphatic rings. The summed E-state index contributed by atoms with van der Waals surface area (Å²) >= 11 is 0. The Labute approximate surface area is 134 Å². The smallest absolute Gasteiger partial charge is 0.250 e. The minimum Gasteiger partial charge on any atom is -0.314 e. The highest BCUT2D eigenvalue weighted by Gasteiger charge is 2.09. The van der Waals surface area contributed by atoms with Crippen molar-refractivity contribution in [1.29, 1.82) is 0 Å². The Hall–Kier alpha value is -2.70. The highest BCUT2D eigenvalue weighted by Crippen LogP contribution is 2.12. The van der Waals surface area contributed by atoms with Crippen LogP contribution in [-0.4, -0.2) is 29.3 Å². The molecule has 7 heteroatoms. The fourth-order valence-corrected chi connectivity index (χ4v) is 2.47. The number of nitrogens with zero attached hydrogens (tertiary/aromatic N) is 6. The van der Waals surface area contributed by atoms with Gasteiger partial charge in [0.2, 0.25) is 0 Å². The molecule has 0 N–H and O–H groups in total. The lowest BCUT2D eigenvalue weighted by atomic mass is 10.2. The highest BCUT2D eigenvalue weighted by molar-refractivity contribution is 5.22. The van der Waals surface area contributed by atoms with Crippen LogP contribution in [0.1, 0.15) is 22.6 Å².